The highest BCUT2D eigenvalue weighted by molar-refractivity contribution is 7.81. The normalized spacial score (nSPS) is 9.50. The van der Waals surface area contributed by atoms with Crippen LogP contribution in [0.1, 0.15) is 0 Å². The molecule has 0 radical (unpaired) electrons. The second-order valence-electron chi connectivity index (χ2n) is 2.51. The Morgan fingerprint density at radius 2 is 2.29 bits per heavy atom. The van der Waals surface area contributed by atoms with Crippen LogP contribution in [0.4, 0.5) is 11.4 Å². The second kappa shape index (κ2) is 4.61. The predicted molar refractivity (Wildman–Crippen MR) is 55.6 cm³/mol. The standard InChI is InChI=1S/C8H8N2O3S/c11-8(5-14)9-6-2-1-3-7(4-6)10(12)13/h1-4,14H,5H2,(H,9,11). The number of hydrogen-bond donors (Lipinski definition) is 2. The Morgan fingerprint density at radius 3 is 2.86 bits per heavy atom. The predicted octanol–water partition coefficient (Wildman–Crippen LogP) is 1.46. The Labute approximate surface area is 85.7 Å². The van der Waals surface area contributed by atoms with Gasteiger partial charge in [0, 0.05) is 17.8 Å². The van der Waals surface area contributed by atoms with E-state index in [0.717, 1.165) is 0 Å². The quantitative estimate of drug-likeness (QED) is 0.452. The first-order valence-corrected chi connectivity index (χ1v) is 4.42. The molecule has 0 aliphatic carbocycles. The van der Waals surface area contributed by atoms with Gasteiger partial charge < -0.3 is 5.32 Å². The zero-order valence-corrected chi connectivity index (χ0v) is 8.03. The van der Waals surface area contributed by atoms with E-state index in [1.54, 1.807) is 6.07 Å². The van der Waals surface area contributed by atoms with Gasteiger partial charge in [-0.1, -0.05) is 6.07 Å². The third-order valence-corrected chi connectivity index (χ3v) is 1.77. The Kier molecular flexibility index (Phi) is 3.47. The van der Waals surface area contributed by atoms with Gasteiger partial charge in [0.05, 0.1) is 10.7 Å². The molecule has 0 aliphatic rings. The molecule has 0 heterocycles. The molecule has 0 saturated carbocycles. The van der Waals surface area contributed by atoms with Crippen LogP contribution in [0.3, 0.4) is 0 Å². The molecule has 0 bridgehead atoms. The van der Waals surface area contributed by atoms with Crippen LogP contribution in [-0.4, -0.2) is 16.6 Å². The maximum atomic E-state index is 10.9. The molecule has 1 aromatic carbocycles. The van der Waals surface area contributed by atoms with Gasteiger partial charge in [0.15, 0.2) is 0 Å². The summed E-state index contributed by atoms with van der Waals surface area (Å²) in [6.45, 7) is 0. The van der Waals surface area contributed by atoms with Crippen molar-refractivity contribution in [3.05, 3.63) is 34.4 Å². The summed E-state index contributed by atoms with van der Waals surface area (Å²) in [5.41, 5.74) is 0.347. The first-order valence-electron chi connectivity index (χ1n) is 3.78. The molecule has 1 N–H and O–H groups in total. The van der Waals surface area contributed by atoms with E-state index >= 15 is 0 Å². The second-order valence-corrected chi connectivity index (χ2v) is 2.83. The van der Waals surface area contributed by atoms with Crippen LogP contribution >= 0.6 is 12.6 Å². The molecule has 0 aliphatic heterocycles. The van der Waals surface area contributed by atoms with Crippen LogP contribution in [0.25, 0.3) is 0 Å². The third kappa shape index (κ3) is 2.74. The molecule has 1 rings (SSSR count). The number of nitro benzene ring substituents is 1. The van der Waals surface area contributed by atoms with Gasteiger partial charge in [-0.15, -0.1) is 0 Å². The molecular weight excluding hydrogens is 204 g/mol. The van der Waals surface area contributed by atoms with E-state index in [1.807, 2.05) is 0 Å². The largest absolute Gasteiger partial charge is 0.325 e. The van der Waals surface area contributed by atoms with Crippen molar-refractivity contribution in [3.63, 3.8) is 0 Å². The van der Waals surface area contributed by atoms with Crippen molar-refractivity contribution < 1.29 is 9.72 Å². The lowest BCUT2D eigenvalue weighted by Crippen LogP contribution is -2.12. The SMILES string of the molecule is O=C(CS)Nc1cccc([N+](=O)[O-])c1. The Bertz CT molecular complexity index is 367. The molecule has 1 aromatic rings. The van der Waals surface area contributed by atoms with Crippen molar-refractivity contribution in [1.82, 2.24) is 0 Å². The summed E-state index contributed by atoms with van der Waals surface area (Å²) in [7, 11) is 0. The van der Waals surface area contributed by atoms with E-state index < -0.39 is 4.92 Å². The lowest BCUT2D eigenvalue weighted by molar-refractivity contribution is -0.384. The van der Waals surface area contributed by atoms with Crippen LogP contribution in [0.5, 0.6) is 0 Å². The summed E-state index contributed by atoms with van der Waals surface area (Å²) >= 11 is 3.77. The van der Waals surface area contributed by atoms with Gasteiger partial charge in [-0.25, -0.2) is 0 Å². The highest BCUT2D eigenvalue weighted by Gasteiger charge is 2.06. The molecule has 74 valence electrons. The molecule has 5 nitrogen and oxygen atoms in total. The molecule has 0 aromatic heterocycles. The van der Waals surface area contributed by atoms with Gasteiger partial charge in [-0.3, -0.25) is 14.9 Å². The van der Waals surface area contributed by atoms with E-state index in [0.29, 0.717) is 5.69 Å². The number of nitro groups is 1. The van der Waals surface area contributed by atoms with Crippen LogP contribution in [-0.2, 0) is 4.79 Å². The number of thiol groups is 1. The Balaban J connectivity index is 2.83. The van der Waals surface area contributed by atoms with E-state index in [-0.39, 0.29) is 17.3 Å². The number of carbonyl (C=O) groups excluding carboxylic acids is 1. The zero-order chi connectivity index (χ0) is 10.6. The molecule has 0 saturated heterocycles. The maximum Gasteiger partial charge on any atom is 0.271 e. The summed E-state index contributed by atoms with van der Waals surface area (Å²) in [6.07, 6.45) is 0. The summed E-state index contributed by atoms with van der Waals surface area (Å²) in [5, 5.41) is 12.9. The van der Waals surface area contributed by atoms with Gasteiger partial charge in [0.1, 0.15) is 0 Å². The Morgan fingerprint density at radius 1 is 1.57 bits per heavy atom. The van der Waals surface area contributed by atoms with Gasteiger partial charge in [0.2, 0.25) is 5.91 Å². The minimum absolute atomic E-state index is 0.0443. The number of non-ortho nitro benzene ring substituents is 1. The van der Waals surface area contributed by atoms with E-state index in [1.165, 1.54) is 18.2 Å². The van der Waals surface area contributed by atoms with Crippen molar-refractivity contribution in [2.45, 2.75) is 0 Å². The molecular formula is C8H8N2O3S. The molecule has 1 amide bonds. The first-order chi connectivity index (χ1) is 6.63. The molecule has 0 unspecified atom stereocenters. The average Bonchev–Trinajstić information content (AvgIpc) is 2.18. The topological polar surface area (TPSA) is 72.2 Å². The lowest BCUT2D eigenvalue weighted by Gasteiger charge is -2.01. The molecule has 0 atom stereocenters. The summed E-state index contributed by atoms with van der Waals surface area (Å²) < 4.78 is 0. The molecule has 0 spiro atoms. The van der Waals surface area contributed by atoms with E-state index in [9.17, 15) is 14.9 Å². The zero-order valence-electron chi connectivity index (χ0n) is 7.14. The number of nitrogens with one attached hydrogen (secondary N) is 1. The van der Waals surface area contributed by atoms with E-state index in [4.69, 9.17) is 0 Å². The fourth-order valence-electron chi connectivity index (χ4n) is 0.898. The van der Waals surface area contributed by atoms with Crippen molar-refractivity contribution in [2.24, 2.45) is 0 Å². The summed E-state index contributed by atoms with van der Waals surface area (Å²) in [5.74, 6) is -0.253. The number of rotatable bonds is 3. The van der Waals surface area contributed by atoms with Crippen LogP contribution in [0, 0.1) is 10.1 Å². The fraction of sp³-hybridized carbons (Fsp3) is 0.125. The number of carbonyl (C=O) groups is 1. The number of nitrogens with zero attached hydrogens (tertiary/aromatic N) is 1. The third-order valence-electron chi connectivity index (χ3n) is 1.48. The average molecular weight is 212 g/mol. The minimum atomic E-state index is -0.518. The monoisotopic (exact) mass is 212 g/mol. The van der Waals surface area contributed by atoms with Gasteiger partial charge in [-0.2, -0.15) is 12.6 Å². The number of anilines is 1. The maximum absolute atomic E-state index is 10.9. The summed E-state index contributed by atoms with van der Waals surface area (Å²) in [6, 6.07) is 5.73. The number of benzene rings is 1. The van der Waals surface area contributed by atoms with Crippen molar-refractivity contribution in [3.8, 4) is 0 Å². The number of amides is 1. The van der Waals surface area contributed by atoms with Crippen LogP contribution in [0.2, 0.25) is 0 Å². The first kappa shape index (κ1) is 10.5. The molecule has 0 fully saturated rings. The summed E-state index contributed by atoms with van der Waals surface area (Å²) in [4.78, 5) is 20.8. The lowest BCUT2D eigenvalue weighted by atomic mass is 10.3. The van der Waals surface area contributed by atoms with Gasteiger partial charge in [0.25, 0.3) is 5.69 Å². The van der Waals surface area contributed by atoms with Crippen molar-refractivity contribution >= 4 is 29.9 Å². The van der Waals surface area contributed by atoms with Gasteiger partial charge in [-0.05, 0) is 6.07 Å². The highest BCUT2D eigenvalue weighted by Crippen LogP contribution is 2.16. The van der Waals surface area contributed by atoms with Crippen LogP contribution < -0.4 is 5.32 Å². The smallest absolute Gasteiger partial charge is 0.271 e. The van der Waals surface area contributed by atoms with Crippen molar-refractivity contribution in [2.75, 3.05) is 11.1 Å². The highest BCUT2D eigenvalue weighted by atomic mass is 32.1. The van der Waals surface area contributed by atoms with Gasteiger partial charge >= 0.3 is 0 Å². The molecule has 14 heavy (non-hydrogen) atoms. The fourth-order valence-corrected chi connectivity index (χ4v) is 0.977. The minimum Gasteiger partial charge on any atom is -0.325 e. The molecule has 6 heteroatoms. The van der Waals surface area contributed by atoms with Crippen LogP contribution in [0.15, 0.2) is 24.3 Å². The number of hydrogen-bond acceptors (Lipinski definition) is 4. The Hall–Kier alpha value is -1.56. The van der Waals surface area contributed by atoms with E-state index in [2.05, 4.69) is 17.9 Å². The van der Waals surface area contributed by atoms with Crippen molar-refractivity contribution in [1.29, 1.82) is 0 Å².